The molecular weight excluding hydrogens is 178 g/mol. The zero-order chi connectivity index (χ0) is 9.97. The van der Waals surface area contributed by atoms with Gasteiger partial charge < -0.3 is 4.74 Å². The molecule has 0 aliphatic rings. The summed E-state index contributed by atoms with van der Waals surface area (Å²) < 4.78 is 4.90. The van der Waals surface area contributed by atoms with Crippen LogP contribution in [0.5, 0.6) is 6.01 Å². The molecule has 0 saturated carbocycles. The van der Waals surface area contributed by atoms with Gasteiger partial charge in [0, 0.05) is 5.56 Å². The number of benzene rings is 1. The summed E-state index contributed by atoms with van der Waals surface area (Å²) in [6, 6.07) is 8.35. The zero-order valence-electron chi connectivity index (χ0n) is 8.11. The van der Waals surface area contributed by atoms with Crippen molar-refractivity contribution in [1.82, 2.24) is 15.2 Å². The second-order valence-corrected chi connectivity index (χ2v) is 2.99. The van der Waals surface area contributed by atoms with E-state index in [9.17, 15) is 0 Å². The summed E-state index contributed by atoms with van der Waals surface area (Å²) in [5.41, 5.74) is 2.20. The Morgan fingerprint density at radius 1 is 1.29 bits per heavy atom. The van der Waals surface area contributed by atoms with Crippen LogP contribution < -0.4 is 4.74 Å². The third-order valence-electron chi connectivity index (χ3n) is 2.05. The molecule has 0 saturated heterocycles. The Kier molecular flexibility index (Phi) is 2.18. The molecule has 1 aromatic heterocycles. The van der Waals surface area contributed by atoms with Crippen LogP contribution in [-0.2, 0) is 0 Å². The molecule has 1 N–H and O–H groups in total. The Morgan fingerprint density at radius 3 is 2.71 bits per heavy atom. The predicted molar refractivity (Wildman–Crippen MR) is 53.1 cm³/mol. The van der Waals surface area contributed by atoms with E-state index in [4.69, 9.17) is 4.74 Å². The molecule has 0 atom stereocenters. The first-order valence-corrected chi connectivity index (χ1v) is 4.33. The lowest BCUT2D eigenvalue weighted by Crippen LogP contribution is -1.85. The fourth-order valence-electron chi connectivity index (χ4n) is 1.30. The predicted octanol–water partition coefficient (Wildman–Crippen LogP) is 1.79. The number of ether oxygens (including phenoxy) is 1. The molecule has 0 spiro atoms. The molecule has 0 aliphatic carbocycles. The Morgan fingerprint density at radius 2 is 2.07 bits per heavy atom. The van der Waals surface area contributed by atoms with E-state index in [0.29, 0.717) is 6.01 Å². The van der Waals surface area contributed by atoms with Gasteiger partial charge in [0.15, 0.2) is 5.82 Å². The van der Waals surface area contributed by atoms with Gasteiger partial charge in [-0.05, 0) is 12.5 Å². The van der Waals surface area contributed by atoms with Crippen LogP contribution in [0.25, 0.3) is 11.4 Å². The SMILES string of the molecule is COc1n[nH]c(-c2ccccc2C)n1. The fraction of sp³-hybridized carbons (Fsp3) is 0.200. The Bertz CT molecular complexity index is 436. The molecule has 0 fully saturated rings. The number of aromatic amines is 1. The van der Waals surface area contributed by atoms with Gasteiger partial charge in [-0.15, -0.1) is 5.10 Å². The van der Waals surface area contributed by atoms with Crippen LogP contribution in [0, 0.1) is 6.92 Å². The topological polar surface area (TPSA) is 50.8 Å². The van der Waals surface area contributed by atoms with Crippen LogP contribution in [0.2, 0.25) is 0 Å². The quantitative estimate of drug-likeness (QED) is 0.783. The van der Waals surface area contributed by atoms with Gasteiger partial charge in [-0.25, -0.2) is 0 Å². The van der Waals surface area contributed by atoms with Crippen molar-refractivity contribution in [3.05, 3.63) is 29.8 Å². The van der Waals surface area contributed by atoms with Gasteiger partial charge in [0.1, 0.15) is 0 Å². The lowest BCUT2D eigenvalue weighted by atomic mass is 10.1. The lowest BCUT2D eigenvalue weighted by molar-refractivity contribution is 0.382. The summed E-state index contributed by atoms with van der Waals surface area (Å²) in [7, 11) is 1.55. The van der Waals surface area contributed by atoms with Crippen LogP contribution in [0.1, 0.15) is 5.56 Å². The van der Waals surface area contributed by atoms with Crippen molar-refractivity contribution in [2.24, 2.45) is 0 Å². The van der Waals surface area contributed by atoms with Crippen molar-refractivity contribution in [2.75, 3.05) is 7.11 Å². The number of methoxy groups -OCH3 is 1. The highest BCUT2D eigenvalue weighted by Crippen LogP contribution is 2.19. The summed E-state index contributed by atoms with van der Waals surface area (Å²) >= 11 is 0. The molecule has 0 aliphatic heterocycles. The summed E-state index contributed by atoms with van der Waals surface area (Å²) in [4.78, 5) is 4.17. The normalized spacial score (nSPS) is 10.1. The van der Waals surface area contributed by atoms with Gasteiger partial charge >= 0.3 is 6.01 Å². The Hall–Kier alpha value is -1.84. The van der Waals surface area contributed by atoms with Gasteiger partial charge in [0.25, 0.3) is 0 Å². The van der Waals surface area contributed by atoms with Crippen LogP contribution >= 0.6 is 0 Å². The molecule has 4 nitrogen and oxygen atoms in total. The standard InChI is InChI=1S/C10H11N3O/c1-7-5-3-4-6-8(7)9-11-10(14-2)13-12-9/h3-6H,1-2H3,(H,11,12,13). The summed E-state index contributed by atoms with van der Waals surface area (Å²) in [5, 5.41) is 6.72. The monoisotopic (exact) mass is 189 g/mol. The maximum atomic E-state index is 4.90. The zero-order valence-corrected chi connectivity index (χ0v) is 8.11. The number of hydrogen-bond donors (Lipinski definition) is 1. The molecule has 0 radical (unpaired) electrons. The number of H-pyrrole nitrogens is 1. The van der Waals surface area contributed by atoms with E-state index >= 15 is 0 Å². The summed E-state index contributed by atoms with van der Waals surface area (Å²) in [6.07, 6.45) is 0. The van der Waals surface area contributed by atoms with E-state index < -0.39 is 0 Å². The second kappa shape index (κ2) is 3.49. The summed E-state index contributed by atoms with van der Waals surface area (Å²) in [5.74, 6) is 0.736. The first-order valence-electron chi connectivity index (χ1n) is 4.33. The second-order valence-electron chi connectivity index (χ2n) is 2.99. The highest BCUT2D eigenvalue weighted by molar-refractivity contribution is 5.59. The van der Waals surface area contributed by atoms with E-state index in [-0.39, 0.29) is 0 Å². The Labute approximate surface area is 81.9 Å². The number of rotatable bonds is 2. The van der Waals surface area contributed by atoms with Crippen LogP contribution in [0.3, 0.4) is 0 Å². The van der Waals surface area contributed by atoms with Gasteiger partial charge in [-0.3, -0.25) is 5.10 Å². The largest absolute Gasteiger partial charge is 0.466 e. The van der Waals surface area contributed by atoms with E-state index in [1.54, 1.807) is 7.11 Å². The van der Waals surface area contributed by atoms with Gasteiger partial charge in [-0.2, -0.15) is 4.98 Å². The van der Waals surface area contributed by atoms with Crippen molar-refractivity contribution >= 4 is 0 Å². The van der Waals surface area contributed by atoms with Crippen molar-refractivity contribution in [3.8, 4) is 17.4 Å². The van der Waals surface area contributed by atoms with Crippen molar-refractivity contribution in [2.45, 2.75) is 6.92 Å². The fourth-order valence-corrected chi connectivity index (χ4v) is 1.30. The average molecular weight is 189 g/mol. The van der Waals surface area contributed by atoms with E-state index in [1.165, 1.54) is 0 Å². The van der Waals surface area contributed by atoms with E-state index in [0.717, 1.165) is 17.0 Å². The molecule has 72 valence electrons. The number of aryl methyl sites for hydroxylation is 1. The molecule has 1 aromatic carbocycles. The smallest absolute Gasteiger partial charge is 0.335 e. The first-order chi connectivity index (χ1) is 6.81. The number of nitrogens with one attached hydrogen (secondary N) is 1. The maximum Gasteiger partial charge on any atom is 0.335 e. The first kappa shape index (κ1) is 8.74. The average Bonchev–Trinajstić information content (AvgIpc) is 2.67. The number of nitrogens with zero attached hydrogens (tertiary/aromatic N) is 2. The summed E-state index contributed by atoms with van der Waals surface area (Å²) in [6.45, 7) is 2.03. The lowest BCUT2D eigenvalue weighted by Gasteiger charge is -1.99. The molecule has 0 bridgehead atoms. The molecule has 2 aromatic rings. The molecular formula is C10H11N3O. The van der Waals surface area contributed by atoms with Gasteiger partial charge in [-0.1, -0.05) is 24.3 Å². The van der Waals surface area contributed by atoms with Gasteiger partial charge in [0.05, 0.1) is 7.11 Å². The minimum atomic E-state index is 0.364. The molecule has 1 heterocycles. The molecule has 0 amide bonds. The molecule has 14 heavy (non-hydrogen) atoms. The molecule has 0 unspecified atom stereocenters. The minimum Gasteiger partial charge on any atom is -0.466 e. The van der Waals surface area contributed by atoms with Crippen molar-refractivity contribution in [3.63, 3.8) is 0 Å². The molecule has 2 rings (SSSR count). The van der Waals surface area contributed by atoms with Gasteiger partial charge in [0.2, 0.25) is 0 Å². The van der Waals surface area contributed by atoms with Crippen LogP contribution in [0.15, 0.2) is 24.3 Å². The molecule has 4 heteroatoms. The van der Waals surface area contributed by atoms with Crippen molar-refractivity contribution in [1.29, 1.82) is 0 Å². The highest BCUT2D eigenvalue weighted by atomic mass is 16.5. The van der Waals surface area contributed by atoms with E-state index in [2.05, 4.69) is 15.2 Å². The van der Waals surface area contributed by atoms with Crippen LogP contribution in [0.4, 0.5) is 0 Å². The maximum absolute atomic E-state index is 4.90. The third kappa shape index (κ3) is 1.46. The third-order valence-corrected chi connectivity index (χ3v) is 2.05. The number of hydrogen-bond acceptors (Lipinski definition) is 3. The highest BCUT2D eigenvalue weighted by Gasteiger charge is 2.06. The Balaban J connectivity index is 2.44. The van der Waals surface area contributed by atoms with Crippen molar-refractivity contribution < 1.29 is 4.74 Å². The minimum absolute atomic E-state index is 0.364. The van der Waals surface area contributed by atoms with E-state index in [1.807, 2.05) is 31.2 Å². The van der Waals surface area contributed by atoms with Crippen LogP contribution in [-0.4, -0.2) is 22.3 Å². The number of aromatic nitrogens is 3.